The summed E-state index contributed by atoms with van der Waals surface area (Å²) < 4.78 is 6.21. The van der Waals surface area contributed by atoms with Gasteiger partial charge in [0.05, 0.1) is 0 Å². The molecule has 1 saturated carbocycles. The lowest BCUT2D eigenvalue weighted by Gasteiger charge is -2.55. The molecule has 5 nitrogen and oxygen atoms in total. The second kappa shape index (κ2) is 8.02. The summed E-state index contributed by atoms with van der Waals surface area (Å²) in [5, 5.41) is 0. The highest BCUT2D eigenvalue weighted by atomic mass is 35.5. The molecule has 2 N–H and O–H groups in total. The number of fused-ring (bicyclic) bond motifs is 2. The van der Waals surface area contributed by atoms with E-state index in [1.165, 1.54) is 6.42 Å². The quantitative estimate of drug-likeness (QED) is 0.868. The normalized spacial score (nSPS) is 29.3. The molecule has 140 valence electrons. The summed E-state index contributed by atoms with van der Waals surface area (Å²) in [5.74, 6) is 1.07. The molecule has 2 fully saturated rings. The minimum Gasteiger partial charge on any atom is -0.373 e. The Morgan fingerprint density at radius 3 is 2.56 bits per heavy atom. The highest BCUT2D eigenvalue weighted by Gasteiger charge is 2.53. The fourth-order valence-corrected chi connectivity index (χ4v) is 4.92. The van der Waals surface area contributed by atoms with Gasteiger partial charge in [0.15, 0.2) is 0 Å². The van der Waals surface area contributed by atoms with E-state index in [0.717, 1.165) is 38.0 Å². The maximum atomic E-state index is 11.6. The molecule has 0 spiro atoms. The highest BCUT2D eigenvalue weighted by Crippen LogP contribution is 2.51. The molecule has 1 aliphatic heterocycles. The lowest BCUT2D eigenvalue weighted by atomic mass is 9.62. The minimum atomic E-state index is -0.481. The van der Waals surface area contributed by atoms with Gasteiger partial charge in [0, 0.05) is 44.8 Å². The van der Waals surface area contributed by atoms with Crippen molar-refractivity contribution in [2.24, 2.45) is 23.5 Å². The van der Waals surface area contributed by atoms with Crippen LogP contribution in [0.5, 0.6) is 0 Å². The van der Waals surface area contributed by atoms with E-state index in [-0.39, 0.29) is 18.0 Å². The molecule has 2 bridgehead atoms. The number of aromatic nitrogens is 1. The number of carbonyl (C=O) groups excluding carboxylic acids is 1. The van der Waals surface area contributed by atoms with Gasteiger partial charge >= 0.3 is 0 Å². The first-order valence-electron chi connectivity index (χ1n) is 9.01. The van der Waals surface area contributed by atoms with Crippen LogP contribution in [0.4, 0.5) is 0 Å². The van der Waals surface area contributed by atoms with Gasteiger partial charge in [0.25, 0.3) is 5.91 Å². The zero-order chi connectivity index (χ0) is 17.3. The second-order valence-electron chi connectivity index (χ2n) is 7.73. The topological polar surface area (TPSA) is 68.5 Å². The number of carbonyl (C=O) groups is 1. The predicted octanol–water partition coefficient (Wildman–Crippen LogP) is 2.83. The summed E-state index contributed by atoms with van der Waals surface area (Å²) in [6, 6.07) is 3.84. The monoisotopic (exact) mass is 367 g/mol. The molecule has 25 heavy (non-hydrogen) atoms. The molecule has 2 aliphatic rings. The lowest BCUT2D eigenvalue weighted by Crippen LogP contribution is -2.59. The first-order chi connectivity index (χ1) is 11.5. The number of hydrogen-bond acceptors (Lipinski definition) is 4. The van der Waals surface area contributed by atoms with Crippen molar-refractivity contribution in [2.45, 2.75) is 38.7 Å². The Balaban J connectivity index is 0.00000225. The fraction of sp³-hybridized carbons (Fsp3) is 0.684. The first kappa shape index (κ1) is 20.1. The molecular formula is C19H30ClN3O2. The van der Waals surface area contributed by atoms with E-state index >= 15 is 0 Å². The van der Waals surface area contributed by atoms with Crippen LogP contribution in [-0.2, 0) is 10.3 Å². The Labute approximate surface area is 156 Å². The molecule has 3 rings (SSSR count). The molecule has 2 heterocycles. The van der Waals surface area contributed by atoms with Gasteiger partial charge in [-0.05, 0) is 36.5 Å². The molecule has 0 unspecified atom stereocenters. The van der Waals surface area contributed by atoms with Gasteiger partial charge < -0.3 is 15.4 Å². The molecule has 1 amide bonds. The number of likely N-dealkylation sites (tertiary alicyclic amines) is 1. The Morgan fingerprint density at radius 1 is 1.40 bits per heavy atom. The third-order valence-corrected chi connectivity index (χ3v) is 5.70. The van der Waals surface area contributed by atoms with Gasteiger partial charge in [-0.25, -0.2) is 0 Å². The van der Waals surface area contributed by atoms with Crippen molar-refractivity contribution < 1.29 is 9.53 Å². The largest absolute Gasteiger partial charge is 0.373 e. The summed E-state index contributed by atoms with van der Waals surface area (Å²) in [5.41, 5.74) is 6.51. The smallest absolute Gasteiger partial charge is 0.267 e. The van der Waals surface area contributed by atoms with Gasteiger partial charge in [0.1, 0.15) is 11.3 Å². The van der Waals surface area contributed by atoms with Crippen molar-refractivity contribution in [3.05, 3.63) is 29.6 Å². The fourth-order valence-electron chi connectivity index (χ4n) is 4.92. The van der Waals surface area contributed by atoms with E-state index in [4.69, 9.17) is 10.5 Å². The van der Waals surface area contributed by atoms with Crippen molar-refractivity contribution >= 4 is 18.3 Å². The molecule has 1 aromatic heterocycles. The number of pyridine rings is 1. The summed E-state index contributed by atoms with van der Waals surface area (Å²) in [6.45, 7) is 7.79. The van der Waals surface area contributed by atoms with Crippen molar-refractivity contribution in [2.75, 3.05) is 26.7 Å². The van der Waals surface area contributed by atoms with Crippen LogP contribution in [0.1, 0.15) is 49.2 Å². The molecule has 1 saturated heterocycles. The van der Waals surface area contributed by atoms with Crippen LogP contribution in [0, 0.1) is 17.8 Å². The van der Waals surface area contributed by atoms with Crippen LogP contribution in [0.25, 0.3) is 0 Å². The third-order valence-electron chi connectivity index (χ3n) is 5.70. The van der Waals surface area contributed by atoms with E-state index in [0.29, 0.717) is 23.4 Å². The van der Waals surface area contributed by atoms with E-state index in [2.05, 4.69) is 23.7 Å². The van der Waals surface area contributed by atoms with Gasteiger partial charge in [-0.1, -0.05) is 20.3 Å². The summed E-state index contributed by atoms with van der Waals surface area (Å²) in [4.78, 5) is 18.3. The number of nitrogens with zero attached hydrogens (tertiary/aromatic N) is 2. The Bertz CT molecular complexity index is 594. The van der Waals surface area contributed by atoms with Crippen LogP contribution in [0.3, 0.4) is 0 Å². The predicted molar refractivity (Wildman–Crippen MR) is 101 cm³/mol. The average molecular weight is 368 g/mol. The van der Waals surface area contributed by atoms with Crippen LogP contribution in [-0.4, -0.2) is 42.5 Å². The van der Waals surface area contributed by atoms with Crippen LogP contribution in [0.2, 0.25) is 0 Å². The molecule has 0 radical (unpaired) electrons. The number of halogens is 1. The Hall–Kier alpha value is -1.17. The molecule has 6 heteroatoms. The summed E-state index contributed by atoms with van der Waals surface area (Å²) in [6.07, 6.45) is 5.26. The van der Waals surface area contributed by atoms with E-state index in [1.807, 2.05) is 19.2 Å². The van der Waals surface area contributed by atoms with Gasteiger partial charge in [-0.15, -0.1) is 12.4 Å². The number of ether oxygens (including phenoxy) is 1. The van der Waals surface area contributed by atoms with Crippen LogP contribution >= 0.6 is 12.4 Å². The second-order valence-corrected chi connectivity index (χ2v) is 7.73. The molecular weight excluding hydrogens is 338 g/mol. The number of nitrogens with two attached hydrogens (primary N) is 1. The molecule has 1 aliphatic carbocycles. The number of hydrogen-bond donors (Lipinski definition) is 1. The van der Waals surface area contributed by atoms with Crippen molar-refractivity contribution in [3.63, 3.8) is 0 Å². The SMILES string of the molecule is CO[C@@]1(c2ccnc(C(N)=O)c2)[C@@H]2CCC[C@H]1CN(CC(C)C)C2.Cl. The third kappa shape index (κ3) is 3.69. The summed E-state index contributed by atoms with van der Waals surface area (Å²) >= 11 is 0. The number of rotatable bonds is 5. The van der Waals surface area contributed by atoms with Gasteiger partial charge in [-0.3, -0.25) is 9.78 Å². The number of amides is 1. The first-order valence-corrected chi connectivity index (χ1v) is 9.01. The maximum absolute atomic E-state index is 11.6. The van der Waals surface area contributed by atoms with E-state index in [1.54, 1.807) is 6.20 Å². The maximum Gasteiger partial charge on any atom is 0.267 e. The lowest BCUT2D eigenvalue weighted by molar-refractivity contribution is -0.170. The number of piperidine rings is 1. The zero-order valence-electron chi connectivity index (χ0n) is 15.4. The van der Waals surface area contributed by atoms with Crippen molar-refractivity contribution in [1.29, 1.82) is 0 Å². The molecule has 1 aromatic rings. The van der Waals surface area contributed by atoms with Gasteiger partial charge in [-0.2, -0.15) is 0 Å². The summed E-state index contributed by atoms with van der Waals surface area (Å²) in [7, 11) is 1.81. The number of primary amides is 1. The molecule has 3 atom stereocenters. The van der Waals surface area contributed by atoms with Crippen molar-refractivity contribution in [1.82, 2.24) is 9.88 Å². The minimum absolute atomic E-state index is 0. The highest BCUT2D eigenvalue weighted by molar-refractivity contribution is 5.90. The Morgan fingerprint density at radius 2 is 2.04 bits per heavy atom. The van der Waals surface area contributed by atoms with Crippen LogP contribution in [0.15, 0.2) is 18.3 Å². The van der Waals surface area contributed by atoms with E-state index < -0.39 is 5.91 Å². The van der Waals surface area contributed by atoms with Gasteiger partial charge in [0.2, 0.25) is 0 Å². The standard InChI is InChI=1S/C19H29N3O2.ClH/c1-13(2)10-22-11-15-5-4-6-16(12-22)19(15,24-3)14-7-8-21-17(9-14)18(20)23;/h7-9,13,15-16H,4-6,10-12H2,1-3H3,(H2,20,23);1H/t15-,16+,19+;. The zero-order valence-corrected chi connectivity index (χ0v) is 16.2. The Kier molecular flexibility index (Phi) is 6.46. The average Bonchev–Trinajstić information content (AvgIpc) is 2.53. The van der Waals surface area contributed by atoms with Crippen LogP contribution < -0.4 is 5.73 Å². The van der Waals surface area contributed by atoms with E-state index in [9.17, 15) is 4.79 Å². The number of methoxy groups -OCH3 is 1. The van der Waals surface area contributed by atoms with Crippen molar-refractivity contribution in [3.8, 4) is 0 Å². The molecule has 0 aromatic carbocycles.